The Hall–Kier alpha value is -3.14. The zero-order valence-corrected chi connectivity index (χ0v) is 18.0. The standard InChI is InChI=1S/C22H20ClF3N4O3/c23-16-4-2-1-3-15(16)19(20(32)28-13-8-22(25,26)9-13)30(14-7-12(24)10-27-11-14)21(33)17-5-6-18(31)29-17/h1-4,7,10-11,13,17,19H,5-6,8-9H2,(H,28,32)(H,29,31)/t17?,19-/m0/s1. The molecule has 1 saturated carbocycles. The highest BCUT2D eigenvalue weighted by Gasteiger charge is 2.47. The maximum Gasteiger partial charge on any atom is 0.252 e. The zero-order chi connectivity index (χ0) is 23.8. The Morgan fingerprint density at radius 3 is 2.58 bits per heavy atom. The molecular formula is C22H20ClF3N4O3. The quantitative estimate of drug-likeness (QED) is 0.664. The lowest BCUT2D eigenvalue weighted by atomic mass is 9.87. The van der Waals surface area contributed by atoms with Gasteiger partial charge in [-0.1, -0.05) is 29.8 Å². The molecule has 2 aliphatic rings. The summed E-state index contributed by atoms with van der Waals surface area (Å²) < 4.78 is 40.7. The molecule has 2 atom stereocenters. The van der Waals surface area contributed by atoms with Crippen molar-refractivity contribution in [2.75, 3.05) is 4.90 Å². The third kappa shape index (κ3) is 4.95. The molecule has 0 bridgehead atoms. The third-order valence-electron chi connectivity index (χ3n) is 5.64. The predicted octanol–water partition coefficient (Wildman–Crippen LogP) is 3.14. The first-order valence-electron chi connectivity index (χ1n) is 10.3. The summed E-state index contributed by atoms with van der Waals surface area (Å²) in [6.07, 6.45) is 1.38. The average molecular weight is 481 g/mol. The van der Waals surface area contributed by atoms with Crippen LogP contribution < -0.4 is 15.5 Å². The molecule has 7 nitrogen and oxygen atoms in total. The molecule has 0 radical (unpaired) electrons. The van der Waals surface area contributed by atoms with Gasteiger partial charge in [0.2, 0.25) is 11.8 Å². The predicted molar refractivity (Wildman–Crippen MR) is 113 cm³/mol. The second-order valence-corrected chi connectivity index (χ2v) is 8.53. The molecule has 1 aromatic carbocycles. The molecule has 0 spiro atoms. The summed E-state index contributed by atoms with van der Waals surface area (Å²) >= 11 is 6.35. The number of benzene rings is 1. The molecule has 1 aromatic heterocycles. The number of amides is 3. The molecule has 1 aliphatic carbocycles. The molecule has 2 fully saturated rings. The summed E-state index contributed by atoms with van der Waals surface area (Å²) in [5.74, 6) is -5.38. The van der Waals surface area contributed by atoms with Gasteiger partial charge < -0.3 is 10.6 Å². The van der Waals surface area contributed by atoms with Crippen molar-refractivity contribution in [3.63, 3.8) is 0 Å². The number of hydrogen-bond donors (Lipinski definition) is 2. The van der Waals surface area contributed by atoms with Crippen LogP contribution in [0.4, 0.5) is 18.9 Å². The van der Waals surface area contributed by atoms with Crippen molar-refractivity contribution in [3.05, 3.63) is 59.1 Å². The number of carbonyl (C=O) groups excluding carboxylic acids is 3. The van der Waals surface area contributed by atoms with Crippen molar-refractivity contribution in [1.82, 2.24) is 15.6 Å². The first-order chi connectivity index (χ1) is 15.6. The van der Waals surface area contributed by atoms with Crippen molar-refractivity contribution in [2.45, 2.75) is 49.7 Å². The summed E-state index contributed by atoms with van der Waals surface area (Å²) in [6, 6.07) is 4.12. The minimum Gasteiger partial charge on any atom is -0.351 e. The molecule has 1 aliphatic heterocycles. The van der Waals surface area contributed by atoms with E-state index in [9.17, 15) is 27.6 Å². The van der Waals surface area contributed by atoms with Gasteiger partial charge in [-0.3, -0.25) is 24.3 Å². The fourth-order valence-corrected chi connectivity index (χ4v) is 4.28. The minimum atomic E-state index is -2.87. The smallest absolute Gasteiger partial charge is 0.252 e. The fourth-order valence-electron chi connectivity index (χ4n) is 4.04. The van der Waals surface area contributed by atoms with Gasteiger partial charge >= 0.3 is 0 Å². The molecule has 2 N–H and O–H groups in total. The van der Waals surface area contributed by atoms with Gasteiger partial charge in [0, 0.05) is 42.0 Å². The summed E-state index contributed by atoms with van der Waals surface area (Å²) in [5.41, 5.74) is 0.171. The van der Waals surface area contributed by atoms with Crippen molar-refractivity contribution in [2.24, 2.45) is 0 Å². The van der Waals surface area contributed by atoms with Gasteiger partial charge in [-0.25, -0.2) is 13.2 Å². The van der Waals surface area contributed by atoms with E-state index in [-0.39, 0.29) is 35.0 Å². The zero-order valence-electron chi connectivity index (χ0n) is 17.2. The number of carbonyl (C=O) groups is 3. The SMILES string of the molecule is O=C1CCC(C(=O)N(c2cncc(F)c2)[C@H](C(=O)NC2CC(F)(F)C2)c2ccccc2Cl)N1. The van der Waals surface area contributed by atoms with Crippen LogP contribution >= 0.6 is 11.6 Å². The van der Waals surface area contributed by atoms with Gasteiger partial charge in [-0.2, -0.15) is 0 Å². The summed E-state index contributed by atoms with van der Waals surface area (Å²) in [6.45, 7) is 0. The second kappa shape index (κ2) is 9.01. The Balaban J connectivity index is 1.77. The van der Waals surface area contributed by atoms with E-state index in [4.69, 9.17) is 11.6 Å². The lowest BCUT2D eigenvalue weighted by Crippen LogP contribution is -2.55. The summed E-state index contributed by atoms with van der Waals surface area (Å²) in [5, 5.41) is 5.24. The van der Waals surface area contributed by atoms with Crippen molar-refractivity contribution in [3.8, 4) is 0 Å². The summed E-state index contributed by atoms with van der Waals surface area (Å²) in [7, 11) is 0. The van der Waals surface area contributed by atoms with Crippen LogP contribution in [0.15, 0.2) is 42.7 Å². The van der Waals surface area contributed by atoms with Crippen LogP contribution in [0.25, 0.3) is 0 Å². The van der Waals surface area contributed by atoms with E-state index in [2.05, 4.69) is 15.6 Å². The molecular weight excluding hydrogens is 461 g/mol. The topological polar surface area (TPSA) is 91.4 Å². The highest BCUT2D eigenvalue weighted by atomic mass is 35.5. The number of halogens is 4. The lowest BCUT2D eigenvalue weighted by Gasteiger charge is -2.38. The normalized spacial score (nSPS) is 20.5. The molecule has 11 heteroatoms. The maximum atomic E-state index is 14.1. The number of alkyl halides is 2. The monoisotopic (exact) mass is 480 g/mol. The van der Waals surface area contributed by atoms with E-state index in [0.29, 0.717) is 0 Å². The highest BCUT2D eigenvalue weighted by molar-refractivity contribution is 6.31. The second-order valence-electron chi connectivity index (χ2n) is 8.12. The van der Waals surface area contributed by atoms with Crippen molar-refractivity contribution >= 4 is 35.0 Å². The number of hydrogen-bond acceptors (Lipinski definition) is 4. The van der Waals surface area contributed by atoms with Crippen LogP contribution in [0.3, 0.4) is 0 Å². The molecule has 33 heavy (non-hydrogen) atoms. The number of aromatic nitrogens is 1. The number of anilines is 1. The van der Waals surface area contributed by atoms with Gasteiger partial charge in [0.25, 0.3) is 11.8 Å². The van der Waals surface area contributed by atoms with Gasteiger partial charge in [0.15, 0.2) is 0 Å². The lowest BCUT2D eigenvalue weighted by molar-refractivity contribution is -0.133. The van der Waals surface area contributed by atoms with Crippen LogP contribution in [0.5, 0.6) is 0 Å². The molecule has 174 valence electrons. The maximum absolute atomic E-state index is 14.1. The van der Waals surface area contributed by atoms with Crippen molar-refractivity contribution in [1.29, 1.82) is 0 Å². The number of nitrogens with zero attached hydrogens (tertiary/aromatic N) is 2. The number of rotatable bonds is 6. The Labute approximate surface area is 192 Å². The van der Waals surface area contributed by atoms with Gasteiger partial charge in [-0.05, 0) is 12.5 Å². The van der Waals surface area contributed by atoms with Gasteiger partial charge in [0.05, 0.1) is 18.1 Å². The van der Waals surface area contributed by atoms with Crippen LogP contribution in [0, 0.1) is 5.82 Å². The van der Waals surface area contributed by atoms with Crippen molar-refractivity contribution < 1.29 is 27.6 Å². The molecule has 2 aromatic rings. The third-order valence-corrected chi connectivity index (χ3v) is 5.99. The van der Waals surface area contributed by atoms with Crippen LogP contribution in [-0.2, 0) is 14.4 Å². The van der Waals surface area contributed by atoms with Crippen LogP contribution in [0.1, 0.15) is 37.3 Å². The Kier molecular flexibility index (Phi) is 6.29. The van der Waals surface area contributed by atoms with E-state index in [0.717, 1.165) is 17.2 Å². The molecule has 1 unspecified atom stereocenters. The van der Waals surface area contributed by atoms with E-state index >= 15 is 0 Å². The largest absolute Gasteiger partial charge is 0.351 e. The van der Waals surface area contributed by atoms with Crippen LogP contribution in [-0.4, -0.2) is 40.7 Å². The minimum absolute atomic E-state index is 0.0415. The number of pyridine rings is 1. The molecule has 2 heterocycles. The van der Waals surface area contributed by atoms with Gasteiger partial charge in [-0.15, -0.1) is 0 Å². The van der Waals surface area contributed by atoms with E-state index in [1.807, 2.05) is 0 Å². The fraction of sp³-hybridized carbons (Fsp3) is 0.364. The van der Waals surface area contributed by atoms with Gasteiger partial charge in [0.1, 0.15) is 17.9 Å². The Bertz CT molecular complexity index is 1090. The average Bonchev–Trinajstić information content (AvgIpc) is 3.17. The summed E-state index contributed by atoms with van der Waals surface area (Å²) in [4.78, 5) is 43.4. The van der Waals surface area contributed by atoms with Crippen LogP contribution in [0.2, 0.25) is 5.02 Å². The molecule has 4 rings (SSSR count). The Morgan fingerprint density at radius 1 is 1.24 bits per heavy atom. The highest BCUT2D eigenvalue weighted by Crippen LogP contribution is 2.39. The molecule has 3 amide bonds. The Morgan fingerprint density at radius 2 is 1.97 bits per heavy atom. The van der Waals surface area contributed by atoms with E-state index in [1.54, 1.807) is 12.1 Å². The number of nitrogens with one attached hydrogen (secondary N) is 2. The first kappa shape index (κ1) is 23.0. The molecule has 1 saturated heterocycles. The van der Waals surface area contributed by atoms with E-state index < -0.39 is 54.5 Å². The van der Waals surface area contributed by atoms with E-state index in [1.165, 1.54) is 18.3 Å². The first-order valence-corrected chi connectivity index (χ1v) is 10.7.